The number of nitriles is 1. The standard InChI is InChI=1S/C12H21N3O2/c1-12(2,3)17-11(16)14-9-10-5-4-7-15(10)8-6-13/h10H,4-5,7-9H2,1-3H3,(H,14,16)/t10-/m0/s1. The topological polar surface area (TPSA) is 65.4 Å². The average Bonchev–Trinajstić information content (AvgIpc) is 2.60. The molecule has 0 aromatic heterocycles. The average molecular weight is 239 g/mol. The van der Waals surface area contributed by atoms with Crippen molar-refractivity contribution in [1.82, 2.24) is 10.2 Å². The van der Waals surface area contributed by atoms with Gasteiger partial charge in [-0.25, -0.2) is 4.79 Å². The van der Waals surface area contributed by atoms with Gasteiger partial charge >= 0.3 is 6.09 Å². The first-order chi connectivity index (χ1) is 7.92. The van der Waals surface area contributed by atoms with E-state index >= 15 is 0 Å². The van der Waals surface area contributed by atoms with E-state index in [0.29, 0.717) is 13.1 Å². The van der Waals surface area contributed by atoms with E-state index < -0.39 is 5.60 Å². The maximum Gasteiger partial charge on any atom is 0.407 e. The molecule has 1 fully saturated rings. The Kier molecular flexibility index (Phi) is 4.76. The lowest BCUT2D eigenvalue weighted by molar-refractivity contribution is 0.0515. The Bertz CT molecular complexity index is 304. The van der Waals surface area contributed by atoms with E-state index in [2.05, 4.69) is 16.3 Å². The van der Waals surface area contributed by atoms with E-state index in [4.69, 9.17) is 10.00 Å². The third-order valence-electron chi connectivity index (χ3n) is 2.65. The lowest BCUT2D eigenvalue weighted by atomic mass is 10.2. The summed E-state index contributed by atoms with van der Waals surface area (Å²) in [6.07, 6.45) is 1.72. The summed E-state index contributed by atoms with van der Waals surface area (Å²) in [5.74, 6) is 0. The summed E-state index contributed by atoms with van der Waals surface area (Å²) in [4.78, 5) is 13.6. The van der Waals surface area contributed by atoms with Crippen LogP contribution in [0.1, 0.15) is 33.6 Å². The van der Waals surface area contributed by atoms with Gasteiger partial charge in [-0.1, -0.05) is 0 Å². The lowest BCUT2D eigenvalue weighted by Crippen LogP contribution is -2.42. The van der Waals surface area contributed by atoms with Gasteiger partial charge < -0.3 is 10.1 Å². The van der Waals surface area contributed by atoms with Crippen molar-refractivity contribution in [2.45, 2.75) is 45.3 Å². The Hall–Kier alpha value is -1.28. The molecule has 1 amide bonds. The van der Waals surface area contributed by atoms with Crippen molar-refractivity contribution in [2.75, 3.05) is 19.6 Å². The minimum absolute atomic E-state index is 0.266. The number of amides is 1. The number of hydrogen-bond donors (Lipinski definition) is 1. The molecule has 5 heteroatoms. The summed E-state index contributed by atoms with van der Waals surface area (Å²) in [5, 5.41) is 11.4. The van der Waals surface area contributed by atoms with Gasteiger partial charge in [0.1, 0.15) is 5.60 Å². The highest BCUT2D eigenvalue weighted by Crippen LogP contribution is 2.15. The van der Waals surface area contributed by atoms with Crippen molar-refractivity contribution < 1.29 is 9.53 Å². The number of nitrogens with zero attached hydrogens (tertiary/aromatic N) is 2. The van der Waals surface area contributed by atoms with Gasteiger partial charge in [0.25, 0.3) is 0 Å². The molecule has 0 aromatic carbocycles. The number of carbonyl (C=O) groups excluding carboxylic acids is 1. The van der Waals surface area contributed by atoms with Crippen LogP contribution in [-0.2, 0) is 4.74 Å². The molecule has 0 aliphatic carbocycles. The van der Waals surface area contributed by atoms with E-state index in [-0.39, 0.29) is 12.1 Å². The molecule has 1 heterocycles. The number of hydrogen-bond acceptors (Lipinski definition) is 4. The Labute approximate surface area is 103 Å². The van der Waals surface area contributed by atoms with E-state index in [0.717, 1.165) is 19.4 Å². The molecule has 0 unspecified atom stereocenters. The molecule has 0 radical (unpaired) electrons. The van der Waals surface area contributed by atoms with Crippen LogP contribution in [0.25, 0.3) is 0 Å². The molecule has 0 aromatic rings. The molecule has 0 bridgehead atoms. The zero-order chi connectivity index (χ0) is 12.9. The van der Waals surface area contributed by atoms with E-state index in [9.17, 15) is 4.79 Å². The number of alkyl carbamates (subject to hydrolysis) is 1. The third kappa shape index (κ3) is 5.05. The largest absolute Gasteiger partial charge is 0.444 e. The number of rotatable bonds is 3. The van der Waals surface area contributed by atoms with Gasteiger partial charge in [-0.15, -0.1) is 0 Å². The quantitative estimate of drug-likeness (QED) is 0.758. The van der Waals surface area contributed by atoms with Crippen molar-refractivity contribution in [3.05, 3.63) is 0 Å². The van der Waals surface area contributed by atoms with Crippen LogP contribution in [0, 0.1) is 11.3 Å². The molecule has 1 atom stereocenters. The normalized spacial score (nSPS) is 20.9. The summed E-state index contributed by atoms with van der Waals surface area (Å²) in [6, 6.07) is 2.41. The summed E-state index contributed by atoms with van der Waals surface area (Å²) < 4.78 is 5.16. The minimum Gasteiger partial charge on any atom is -0.444 e. The second kappa shape index (κ2) is 5.87. The predicted octanol–water partition coefficient (Wildman–Crippen LogP) is 1.50. The summed E-state index contributed by atoms with van der Waals surface area (Å²) in [5.41, 5.74) is -0.466. The Morgan fingerprint density at radius 3 is 2.88 bits per heavy atom. The van der Waals surface area contributed by atoms with Crippen LogP contribution in [0.2, 0.25) is 0 Å². The second-order valence-corrected chi connectivity index (χ2v) is 5.31. The number of carbonyl (C=O) groups is 1. The van der Waals surface area contributed by atoms with Crippen LogP contribution in [-0.4, -0.2) is 42.3 Å². The molecular formula is C12H21N3O2. The monoisotopic (exact) mass is 239 g/mol. The number of likely N-dealkylation sites (tertiary alicyclic amines) is 1. The highest BCUT2D eigenvalue weighted by molar-refractivity contribution is 5.67. The van der Waals surface area contributed by atoms with Gasteiger partial charge in [0.2, 0.25) is 0 Å². The van der Waals surface area contributed by atoms with Crippen molar-refractivity contribution in [1.29, 1.82) is 5.26 Å². The molecule has 0 spiro atoms. The predicted molar refractivity (Wildman–Crippen MR) is 64.4 cm³/mol. The molecule has 17 heavy (non-hydrogen) atoms. The van der Waals surface area contributed by atoms with Gasteiger partial charge in [-0.05, 0) is 40.2 Å². The van der Waals surface area contributed by atoms with Crippen molar-refractivity contribution in [2.24, 2.45) is 0 Å². The fraction of sp³-hybridized carbons (Fsp3) is 0.833. The summed E-state index contributed by atoms with van der Waals surface area (Å²) >= 11 is 0. The first-order valence-electron chi connectivity index (χ1n) is 6.00. The van der Waals surface area contributed by atoms with Gasteiger partial charge in [-0.2, -0.15) is 5.26 Å². The van der Waals surface area contributed by atoms with Gasteiger partial charge in [0, 0.05) is 12.6 Å². The zero-order valence-electron chi connectivity index (χ0n) is 10.8. The lowest BCUT2D eigenvalue weighted by Gasteiger charge is -2.24. The molecule has 1 aliphatic heterocycles. The van der Waals surface area contributed by atoms with Crippen LogP contribution in [0.3, 0.4) is 0 Å². The molecule has 1 rings (SSSR count). The van der Waals surface area contributed by atoms with Crippen LogP contribution < -0.4 is 5.32 Å². The van der Waals surface area contributed by atoms with Crippen LogP contribution in [0.5, 0.6) is 0 Å². The molecule has 96 valence electrons. The highest BCUT2D eigenvalue weighted by Gasteiger charge is 2.25. The zero-order valence-corrected chi connectivity index (χ0v) is 10.8. The maximum absolute atomic E-state index is 11.5. The Morgan fingerprint density at radius 2 is 2.29 bits per heavy atom. The van der Waals surface area contributed by atoms with Gasteiger partial charge in [0.05, 0.1) is 12.6 Å². The van der Waals surface area contributed by atoms with Crippen LogP contribution in [0.4, 0.5) is 4.79 Å². The van der Waals surface area contributed by atoms with Gasteiger partial charge in [-0.3, -0.25) is 4.90 Å². The Morgan fingerprint density at radius 1 is 1.59 bits per heavy atom. The smallest absolute Gasteiger partial charge is 0.407 e. The summed E-state index contributed by atoms with van der Waals surface area (Å²) in [6.45, 7) is 7.43. The molecule has 1 aliphatic rings. The van der Waals surface area contributed by atoms with Crippen LogP contribution >= 0.6 is 0 Å². The van der Waals surface area contributed by atoms with E-state index in [1.807, 2.05) is 20.8 Å². The number of nitrogens with one attached hydrogen (secondary N) is 1. The number of ether oxygens (including phenoxy) is 1. The van der Waals surface area contributed by atoms with Gasteiger partial charge in [0.15, 0.2) is 0 Å². The van der Waals surface area contributed by atoms with Crippen molar-refractivity contribution in [3.63, 3.8) is 0 Å². The Balaban J connectivity index is 2.30. The van der Waals surface area contributed by atoms with E-state index in [1.165, 1.54) is 0 Å². The minimum atomic E-state index is -0.466. The second-order valence-electron chi connectivity index (χ2n) is 5.31. The molecule has 1 N–H and O–H groups in total. The van der Waals surface area contributed by atoms with E-state index in [1.54, 1.807) is 0 Å². The first kappa shape index (κ1) is 13.8. The fourth-order valence-electron chi connectivity index (χ4n) is 1.94. The maximum atomic E-state index is 11.5. The van der Waals surface area contributed by atoms with Crippen molar-refractivity contribution >= 4 is 6.09 Å². The fourth-order valence-corrected chi connectivity index (χ4v) is 1.94. The summed E-state index contributed by atoms with van der Waals surface area (Å²) in [7, 11) is 0. The molecule has 0 saturated carbocycles. The molecule has 5 nitrogen and oxygen atoms in total. The van der Waals surface area contributed by atoms with Crippen LogP contribution in [0.15, 0.2) is 0 Å². The van der Waals surface area contributed by atoms with Crippen molar-refractivity contribution in [3.8, 4) is 6.07 Å². The molecule has 1 saturated heterocycles. The molecular weight excluding hydrogens is 218 g/mol. The SMILES string of the molecule is CC(C)(C)OC(=O)NC[C@@H]1CCCN1CC#N. The first-order valence-corrected chi connectivity index (χ1v) is 6.00. The third-order valence-corrected chi connectivity index (χ3v) is 2.65. The highest BCUT2D eigenvalue weighted by atomic mass is 16.6.